The van der Waals surface area contributed by atoms with Crippen molar-refractivity contribution in [2.45, 2.75) is 11.8 Å². The third kappa shape index (κ3) is 3.42. The molecule has 2 aliphatic carbocycles. The zero-order valence-corrected chi connectivity index (χ0v) is 22.8. The molecule has 0 saturated heterocycles. The molecule has 6 rings (SSSR count). The quantitative estimate of drug-likeness (QED) is 0.202. The molecule has 0 N–H and O–H groups in total. The van der Waals surface area contributed by atoms with Crippen LogP contribution >= 0.6 is 92.8 Å². The van der Waals surface area contributed by atoms with Crippen LogP contribution in [0, 0.1) is 0 Å². The summed E-state index contributed by atoms with van der Waals surface area (Å²) in [6, 6.07) is 14.5. The Morgan fingerprint density at radius 3 is 0.735 bits per heavy atom. The smallest absolute Gasteiger partial charge is 0.0465 e. The Balaban J connectivity index is 1.76. The summed E-state index contributed by atoms with van der Waals surface area (Å²) < 4.78 is 0. The molecular weight excluding hydrogens is 596 g/mol. The molecule has 0 aromatic heterocycles. The topological polar surface area (TPSA) is 0 Å². The van der Waals surface area contributed by atoms with Gasteiger partial charge in [0.2, 0.25) is 0 Å². The summed E-state index contributed by atoms with van der Waals surface area (Å²) in [6.45, 7) is 0. The minimum absolute atomic E-state index is 0.295. The average Bonchev–Trinajstić information content (AvgIpc) is 3.21. The van der Waals surface area contributed by atoms with Gasteiger partial charge in [0, 0.05) is 52.0 Å². The molecule has 8 heteroatoms. The van der Waals surface area contributed by atoms with Crippen molar-refractivity contribution in [2.24, 2.45) is 0 Å². The Kier molecular flexibility index (Phi) is 5.81. The second-order valence-corrected chi connectivity index (χ2v) is 11.7. The normalized spacial score (nSPS) is 14.2. The van der Waals surface area contributed by atoms with Crippen LogP contribution in [0.2, 0.25) is 40.2 Å². The number of halogens is 8. The van der Waals surface area contributed by atoms with Gasteiger partial charge in [-0.2, -0.15) is 0 Å². The van der Waals surface area contributed by atoms with Gasteiger partial charge in [-0.05, 0) is 93.0 Å². The molecule has 0 fully saturated rings. The van der Waals surface area contributed by atoms with Gasteiger partial charge in [0.05, 0.1) is 0 Å². The largest absolute Gasteiger partial charge is 0.0843 e. The number of hydrogen-bond acceptors (Lipinski definition) is 0. The lowest BCUT2D eigenvalue weighted by Crippen LogP contribution is -2.12. The van der Waals surface area contributed by atoms with Crippen molar-refractivity contribution >= 4 is 92.8 Å². The van der Waals surface area contributed by atoms with E-state index >= 15 is 0 Å². The molecule has 4 aromatic carbocycles. The highest BCUT2D eigenvalue weighted by molar-refractivity contribution is 6.39. The van der Waals surface area contributed by atoms with Crippen molar-refractivity contribution in [2.75, 3.05) is 0 Å². The molecule has 2 aliphatic rings. The van der Waals surface area contributed by atoms with Gasteiger partial charge in [-0.1, -0.05) is 92.8 Å². The van der Waals surface area contributed by atoms with E-state index in [1.54, 1.807) is 24.3 Å². The highest BCUT2D eigenvalue weighted by atomic mass is 35.5. The Bertz CT molecular complexity index is 1320. The highest BCUT2D eigenvalue weighted by Crippen LogP contribution is 2.64. The molecule has 4 aromatic rings. The maximum atomic E-state index is 6.85. The number of hydrogen-bond donors (Lipinski definition) is 0. The van der Waals surface area contributed by atoms with Crippen molar-refractivity contribution in [1.82, 2.24) is 0 Å². The van der Waals surface area contributed by atoms with Crippen molar-refractivity contribution in [3.63, 3.8) is 0 Å². The van der Waals surface area contributed by atoms with Crippen LogP contribution in [0.1, 0.15) is 34.1 Å². The minimum Gasteiger partial charge on any atom is -0.0843 e. The molecule has 0 heterocycles. The van der Waals surface area contributed by atoms with E-state index in [1.807, 2.05) is 24.3 Å². The SMILES string of the molecule is Clc1cc(Cl)c2c(c1)-c1cc(Cl)cc(Cl)c1C2C1c2c(Cl)cc(Cl)cc2-c2cc(Cl)cc(Cl)c21. The summed E-state index contributed by atoms with van der Waals surface area (Å²) >= 11 is 53.0. The van der Waals surface area contributed by atoms with Gasteiger partial charge in [0.1, 0.15) is 0 Å². The molecule has 0 atom stereocenters. The zero-order chi connectivity index (χ0) is 24.0. The standard InChI is InChI=1S/C26H10Cl8/c27-9-1-13-14-2-10(28)6-18(32)22(14)25(21(13)17(31)5-9)26-23-15(3-11(29)7-19(23)33)16-4-12(30)8-20(34)24(16)26/h1-8,25-26H. The number of rotatable bonds is 1. The second kappa shape index (κ2) is 8.37. The van der Waals surface area contributed by atoms with Crippen LogP contribution in [-0.4, -0.2) is 0 Å². The molecule has 0 radical (unpaired) electrons. The fraction of sp³-hybridized carbons (Fsp3) is 0.0769. The van der Waals surface area contributed by atoms with Crippen molar-refractivity contribution < 1.29 is 0 Å². The third-order valence-corrected chi connectivity index (χ3v) is 8.66. The predicted octanol–water partition coefficient (Wildman–Crippen LogP) is 11.8. The summed E-state index contributed by atoms with van der Waals surface area (Å²) in [5, 5.41) is 4.20. The molecule has 0 nitrogen and oxygen atoms in total. The van der Waals surface area contributed by atoms with Crippen LogP contribution in [0.3, 0.4) is 0 Å². The molecule has 34 heavy (non-hydrogen) atoms. The Labute approximate surface area is 236 Å². The summed E-state index contributed by atoms with van der Waals surface area (Å²) in [4.78, 5) is 0. The van der Waals surface area contributed by atoms with E-state index in [4.69, 9.17) is 92.8 Å². The van der Waals surface area contributed by atoms with Gasteiger partial charge in [-0.15, -0.1) is 0 Å². The van der Waals surface area contributed by atoms with Gasteiger partial charge < -0.3 is 0 Å². The van der Waals surface area contributed by atoms with Gasteiger partial charge in [-0.3, -0.25) is 0 Å². The van der Waals surface area contributed by atoms with Crippen molar-refractivity contribution in [3.05, 3.63) is 111 Å². The third-order valence-electron chi connectivity index (χ3n) is 6.53. The van der Waals surface area contributed by atoms with Gasteiger partial charge in [0.25, 0.3) is 0 Å². The molecule has 0 bridgehead atoms. The molecule has 0 unspecified atom stereocenters. The van der Waals surface area contributed by atoms with Gasteiger partial charge in [-0.25, -0.2) is 0 Å². The van der Waals surface area contributed by atoms with E-state index in [0.29, 0.717) is 40.2 Å². The summed E-state index contributed by atoms with van der Waals surface area (Å²) in [6.07, 6.45) is 0. The van der Waals surface area contributed by atoms with Crippen LogP contribution in [0.5, 0.6) is 0 Å². The van der Waals surface area contributed by atoms with Gasteiger partial charge >= 0.3 is 0 Å². The molecule has 0 amide bonds. The van der Waals surface area contributed by atoms with E-state index in [2.05, 4.69) is 0 Å². The van der Waals surface area contributed by atoms with E-state index in [-0.39, 0.29) is 11.8 Å². The lowest BCUT2D eigenvalue weighted by molar-refractivity contribution is 0.724. The van der Waals surface area contributed by atoms with E-state index < -0.39 is 0 Å². The minimum atomic E-state index is -0.295. The summed E-state index contributed by atoms with van der Waals surface area (Å²) in [5.41, 5.74) is 7.10. The van der Waals surface area contributed by atoms with E-state index in [1.165, 1.54) is 0 Å². The summed E-state index contributed by atoms with van der Waals surface area (Å²) in [5.74, 6) is -0.589. The van der Waals surface area contributed by atoms with Gasteiger partial charge in [0.15, 0.2) is 0 Å². The van der Waals surface area contributed by atoms with E-state index in [9.17, 15) is 0 Å². The fourth-order valence-corrected chi connectivity index (χ4v) is 7.89. The summed E-state index contributed by atoms with van der Waals surface area (Å²) in [7, 11) is 0. The van der Waals surface area contributed by atoms with Crippen LogP contribution in [-0.2, 0) is 0 Å². The maximum absolute atomic E-state index is 6.85. The predicted molar refractivity (Wildman–Crippen MR) is 148 cm³/mol. The monoisotopic (exact) mass is 602 g/mol. The Morgan fingerprint density at radius 1 is 0.324 bits per heavy atom. The Morgan fingerprint density at radius 2 is 0.529 bits per heavy atom. The first-order chi connectivity index (χ1) is 16.2. The molecule has 170 valence electrons. The van der Waals surface area contributed by atoms with Crippen LogP contribution in [0.4, 0.5) is 0 Å². The lowest BCUT2D eigenvalue weighted by atomic mass is 9.78. The molecular formula is C26H10Cl8. The lowest BCUT2D eigenvalue weighted by Gasteiger charge is -2.26. The first-order valence-corrected chi connectivity index (χ1v) is 13.1. The average molecular weight is 606 g/mol. The van der Waals surface area contributed by atoms with Crippen LogP contribution < -0.4 is 0 Å². The Hall–Kier alpha value is -0.800. The second-order valence-electron chi connectivity index (χ2n) is 8.35. The maximum Gasteiger partial charge on any atom is 0.0465 e. The fourth-order valence-electron chi connectivity index (χ4n) is 5.45. The first kappa shape index (κ1) is 23.6. The molecule has 0 aliphatic heterocycles. The number of benzene rings is 4. The van der Waals surface area contributed by atoms with Crippen LogP contribution in [0.25, 0.3) is 22.3 Å². The van der Waals surface area contributed by atoms with Crippen LogP contribution in [0.15, 0.2) is 48.5 Å². The zero-order valence-electron chi connectivity index (χ0n) is 16.8. The highest BCUT2D eigenvalue weighted by Gasteiger charge is 2.45. The van der Waals surface area contributed by atoms with Crippen molar-refractivity contribution in [1.29, 1.82) is 0 Å². The number of fused-ring (bicyclic) bond motifs is 6. The molecule has 0 saturated carbocycles. The molecule has 0 spiro atoms. The van der Waals surface area contributed by atoms with E-state index in [0.717, 1.165) is 44.5 Å². The van der Waals surface area contributed by atoms with Crippen molar-refractivity contribution in [3.8, 4) is 22.3 Å². The first-order valence-electron chi connectivity index (χ1n) is 10.1.